The van der Waals surface area contributed by atoms with Gasteiger partial charge in [0.25, 0.3) is 6.43 Å². The highest BCUT2D eigenvalue weighted by atomic mass is 35.5. The number of nitrogens with zero attached hydrogens (tertiary/aromatic N) is 3. The maximum Gasteiger partial charge on any atom is 0.408 e. The Labute approximate surface area is 211 Å². The number of halogens is 5. The van der Waals surface area contributed by atoms with Crippen LogP contribution in [0.2, 0.25) is 0 Å². The minimum Gasteiger partial charge on any atom is -0.465 e. The van der Waals surface area contributed by atoms with Crippen molar-refractivity contribution in [2.75, 3.05) is 6.54 Å². The second-order valence-corrected chi connectivity index (χ2v) is 10.0. The van der Waals surface area contributed by atoms with Gasteiger partial charge in [-0.1, -0.05) is 45.0 Å². The van der Waals surface area contributed by atoms with Crippen LogP contribution in [0, 0.1) is 5.41 Å². The van der Waals surface area contributed by atoms with E-state index in [1.807, 2.05) is 20.8 Å². The molecule has 2 heterocycles. The molecule has 1 aliphatic rings. The summed E-state index contributed by atoms with van der Waals surface area (Å²) in [7, 11) is 0. The number of alkyl halides is 5. The Morgan fingerprint density at radius 2 is 1.80 bits per heavy atom. The second-order valence-electron chi connectivity index (χ2n) is 8.93. The van der Waals surface area contributed by atoms with Crippen LogP contribution in [0.1, 0.15) is 44.9 Å². The second kappa shape index (κ2) is 12.4. The van der Waals surface area contributed by atoms with Crippen LogP contribution >= 0.6 is 23.2 Å². The molecule has 192 valence electrons. The molecule has 2 N–H and O–H groups in total. The van der Waals surface area contributed by atoms with E-state index in [0.717, 1.165) is 4.90 Å². The first-order chi connectivity index (χ1) is 16.3. The Morgan fingerprint density at radius 1 is 1.20 bits per heavy atom. The number of aromatic nitrogens is 2. The van der Waals surface area contributed by atoms with Gasteiger partial charge in [-0.3, -0.25) is 9.69 Å². The van der Waals surface area contributed by atoms with Gasteiger partial charge in [-0.25, -0.2) is 27.9 Å². The number of benzene rings is 1. The zero-order valence-corrected chi connectivity index (χ0v) is 20.9. The lowest BCUT2D eigenvalue weighted by Gasteiger charge is -2.21. The smallest absolute Gasteiger partial charge is 0.408 e. The number of hydrogen-bond acceptors (Lipinski definition) is 4. The number of carbonyl (C=O) groups is 2. The molecule has 0 unspecified atom stereocenters. The van der Waals surface area contributed by atoms with Crippen molar-refractivity contribution in [3.8, 4) is 11.3 Å². The minimum atomic E-state index is -2.56. The van der Waals surface area contributed by atoms with E-state index in [1.54, 1.807) is 6.07 Å². The van der Waals surface area contributed by atoms with Gasteiger partial charge in [0.15, 0.2) is 0 Å². The lowest BCUT2D eigenvalue weighted by atomic mass is 10.0. The van der Waals surface area contributed by atoms with Crippen LogP contribution in [0.5, 0.6) is 0 Å². The van der Waals surface area contributed by atoms with Crippen LogP contribution in [0.15, 0.2) is 36.7 Å². The van der Waals surface area contributed by atoms with Gasteiger partial charge in [0.05, 0.1) is 17.9 Å². The molecule has 0 radical (unpaired) electrons. The van der Waals surface area contributed by atoms with Gasteiger partial charge in [0.2, 0.25) is 5.91 Å². The molecule has 0 bridgehead atoms. The molecule has 0 saturated carbocycles. The van der Waals surface area contributed by atoms with Crippen LogP contribution in [0.3, 0.4) is 0 Å². The maximum absolute atomic E-state index is 13.9. The third kappa shape index (κ3) is 8.24. The Balaban J connectivity index is 0.000000540. The van der Waals surface area contributed by atoms with Crippen molar-refractivity contribution in [3.05, 3.63) is 47.9 Å². The molecule has 1 aromatic heterocycles. The first kappa shape index (κ1) is 28.6. The number of carboxylic acid groups (broad SMARTS) is 1. The molecule has 1 saturated heterocycles. The summed E-state index contributed by atoms with van der Waals surface area (Å²) in [5.41, 5.74) is 1.40. The largest absolute Gasteiger partial charge is 0.465 e. The Morgan fingerprint density at radius 3 is 2.31 bits per heavy atom. The monoisotopic (exact) mass is 534 g/mol. The van der Waals surface area contributed by atoms with Crippen molar-refractivity contribution in [1.29, 1.82) is 0 Å². The molecular weight excluding hydrogens is 508 g/mol. The van der Waals surface area contributed by atoms with E-state index in [0.29, 0.717) is 17.0 Å². The highest BCUT2D eigenvalue weighted by Crippen LogP contribution is 2.27. The van der Waals surface area contributed by atoms with E-state index < -0.39 is 30.6 Å². The van der Waals surface area contributed by atoms with Crippen molar-refractivity contribution < 1.29 is 27.9 Å². The summed E-state index contributed by atoms with van der Waals surface area (Å²) < 4.78 is 39.2. The van der Waals surface area contributed by atoms with Crippen LogP contribution in [0.4, 0.5) is 18.0 Å². The zero-order valence-electron chi connectivity index (χ0n) is 19.4. The quantitative estimate of drug-likeness (QED) is 0.485. The molecule has 7 nitrogen and oxygen atoms in total. The number of rotatable bonds is 5. The van der Waals surface area contributed by atoms with Gasteiger partial charge >= 0.3 is 6.09 Å². The molecule has 1 aromatic carbocycles. The molecule has 1 aliphatic heterocycles. The van der Waals surface area contributed by atoms with Crippen molar-refractivity contribution in [2.24, 2.45) is 5.41 Å². The topological polar surface area (TPSA) is 95.4 Å². The van der Waals surface area contributed by atoms with E-state index in [9.17, 15) is 22.8 Å². The van der Waals surface area contributed by atoms with Gasteiger partial charge in [-0.15, -0.1) is 23.2 Å². The first-order valence-corrected chi connectivity index (χ1v) is 11.6. The van der Waals surface area contributed by atoms with E-state index in [2.05, 4.69) is 15.3 Å². The minimum absolute atomic E-state index is 0.0309. The third-order valence-corrected chi connectivity index (χ3v) is 6.43. The fraction of sp³-hybridized carbons (Fsp3) is 0.478. The van der Waals surface area contributed by atoms with Crippen molar-refractivity contribution >= 4 is 35.2 Å². The normalized spacial score (nSPS) is 17.8. The van der Waals surface area contributed by atoms with E-state index in [1.165, 1.54) is 30.6 Å². The summed E-state index contributed by atoms with van der Waals surface area (Å²) in [6.45, 7) is 5.90. The van der Waals surface area contributed by atoms with Crippen LogP contribution < -0.4 is 5.32 Å². The first-order valence-electron chi connectivity index (χ1n) is 10.7. The number of nitrogens with one attached hydrogen (secondary N) is 1. The summed E-state index contributed by atoms with van der Waals surface area (Å²) in [5, 5.41) is 11.5. The Kier molecular flexibility index (Phi) is 10.1. The summed E-state index contributed by atoms with van der Waals surface area (Å²) in [4.78, 5) is 32.0. The summed E-state index contributed by atoms with van der Waals surface area (Å²) >= 11 is 11.0. The standard InChI is InChI=1S/C18H17F3N4O3.C5H10Cl2/c19-13-5-6-25(18(27)28)15(13)17(26)22-8-12-7-14(24-9-23-12)10-1-3-11(4-2-10)16(20)21;1-5(2,3)4(6)7/h1-4,7,9,13,15-16H,5-6,8H2,(H,22,26)(H,27,28);4H,1-3H3/t13-,15-;/m0./s1. The third-order valence-electron chi connectivity index (χ3n) is 5.12. The van der Waals surface area contributed by atoms with Gasteiger partial charge in [-0.2, -0.15) is 0 Å². The van der Waals surface area contributed by atoms with Crippen LogP contribution in [-0.2, 0) is 11.3 Å². The van der Waals surface area contributed by atoms with Gasteiger partial charge in [0, 0.05) is 17.7 Å². The van der Waals surface area contributed by atoms with Crippen molar-refractivity contribution in [2.45, 2.75) is 57.2 Å². The SMILES string of the molecule is CC(C)(C)C(Cl)Cl.O=C(NCc1cc(-c2ccc(C(F)F)cc2)ncn1)[C@@H]1[C@@H](F)CCN1C(=O)O. The molecule has 0 aliphatic carbocycles. The Bertz CT molecular complexity index is 1000. The molecule has 3 rings (SSSR count). The molecule has 2 amide bonds. The molecular formula is C23H27Cl2F3N4O3. The zero-order chi connectivity index (χ0) is 26.3. The summed E-state index contributed by atoms with van der Waals surface area (Å²) in [6, 6.07) is 5.78. The number of carbonyl (C=O) groups excluding carboxylic acids is 1. The highest BCUT2D eigenvalue weighted by molar-refractivity contribution is 6.44. The summed E-state index contributed by atoms with van der Waals surface area (Å²) in [6.07, 6.45) is -4.25. The Hall–Kier alpha value is -2.59. The molecule has 0 spiro atoms. The van der Waals surface area contributed by atoms with E-state index in [-0.39, 0.29) is 35.3 Å². The lowest BCUT2D eigenvalue weighted by Crippen LogP contribution is -2.48. The molecule has 12 heteroatoms. The van der Waals surface area contributed by atoms with Crippen molar-refractivity contribution in [3.63, 3.8) is 0 Å². The van der Waals surface area contributed by atoms with E-state index in [4.69, 9.17) is 28.3 Å². The fourth-order valence-electron chi connectivity index (χ4n) is 3.01. The van der Waals surface area contributed by atoms with Crippen LogP contribution in [0.25, 0.3) is 11.3 Å². The molecule has 2 aromatic rings. The maximum atomic E-state index is 13.9. The summed E-state index contributed by atoms with van der Waals surface area (Å²) in [5.74, 6) is -0.742. The molecule has 35 heavy (non-hydrogen) atoms. The molecule has 2 atom stereocenters. The van der Waals surface area contributed by atoms with Gasteiger partial charge in [0.1, 0.15) is 23.4 Å². The highest BCUT2D eigenvalue weighted by Gasteiger charge is 2.42. The van der Waals surface area contributed by atoms with Gasteiger partial charge < -0.3 is 10.4 Å². The number of likely N-dealkylation sites (tertiary alicyclic amines) is 1. The lowest BCUT2D eigenvalue weighted by molar-refractivity contribution is -0.126. The van der Waals surface area contributed by atoms with Crippen molar-refractivity contribution in [1.82, 2.24) is 20.2 Å². The molecule has 1 fully saturated rings. The van der Waals surface area contributed by atoms with E-state index >= 15 is 0 Å². The number of amides is 2. The van der Waals surface area contributed by atoms with Gasteiger partial charge in [-0.05, 0) is 17.9 Å². The fourth-order valence-corrected chi connectivity index (χ4v) is 3.01. The average Bonchev–Trinajstić information content (AvgIpc) is 3.19. The average molecular weight is 535 g/mol. The van der Waals surface area contributed by atoms with Crippen LogP contribution in [-0.4, -0.2) is 55.6 Å². The predicted octanol–water partition coefficient (Wildman–Crippen LogP) is 5.62. The number of hydrogen-bond donors (Lipinski definition) is 2. The predicted molar refractivity (Wildman–Crippen MR) is 127 cm³/mol.